The van der Waals surface area contributed by atoms with Crippen LogP contribution in [0.1, 0.15) is 49.2 Å². The second kappa shape index (κ2) is 9.48. The van der Waals surface area contributed by atoms with Gasteiger partial charge in [0.1, 0.15) is 0 Å². The fraction of sp³-hybridized carbons (Fsp3) is 0.273. The van der Waals surface area contributed by atoms with Crippen molar-refractivity contribution in [2.24, 2.45) is 11.7 Å². The average Bonchev–Trinajstić information content (AvgIpc) is 3.15. The molecule has 0 aliphatic carbocycles. The van der Waals surface area contributed by atoms with Gasteiger partial charge < -0.3 is 11.1 Å². The van der Waals surface area contributed by atoms with Gasteiger partial charge in [0.15, 0.2) is 5.13 Å². The quantitative estimate of drug-likeness (QED) is 0.521. The lowest BCUT2D eigenvalue weighted by atomic mass is 9.99. The van der Waals surface area contributed by atoms with Gasteiger partial charge in [-0.1, -0.05) is 74.5 Å². The molecule has 2 aromatic carbocycles. The Balaban J connectivity index is 1.70. The van der Waals surface area contributed by atoms with Gasteiger partial charge in [-0.15, -0.1) is 11.3 Å². The monoisotopic (exact) mass is 394 g/mol. The topological polar surface area (TPSA) is 80.0 Å². The number of hydrogen-bond acceptors (Lipinski definition) is 4. The number of anilines is 1. The number of nitrogens with two attached hydrogens (primary N) is 1. The van der Waals surface area contributed by atoms with Crippen LogP contribution in [0.5, 0.6) is 0 Å². The summed E-state index contributed by atoms with van der Waals surface area (Å²) in [6.07, 6.45) is 0.861. The molecule has 6 heteroatoms. The lowest BCUT2D eigenvalue weighted by Gasteiger charge is -2.19. The summed E-state index contributed by atoms with van der Waals surface area (Å²) in [5.74, 6) is 0.494. The minimum Gasteiger partial charge on any atom is -0.327 e. The highest BCUT2D eigenvalue weighted by molar-refractivity contribution is 7.13. The molecule has 28 heavy (non-hydrogen) atoms. The molecule has 0 aliphatic rings. The third-order valence-electron chi connectivity index (χ3n) is 4.39. The van der Waals surface area contributed by atoms with Crippen LogP contribution in [0.2, 0.25) is 0 Å². The van der Waals surface area contributed by atoms with E-state index in [2.05, 4.69) is 29.5 Å². The molecule has 1 atom stereocenters. The summed E-state index contributed by atoms with van der Waals surface area (Å²) in [5, 5.41) is 8.36. The average molecular weight is 395 g/mol. The van der Waals surface area contributed by atoms with Gasteiger partial charge in [-0.3, -0.25) is 5.32 Å². The summed E-state index contributed by atoms with van der Waals surface area (Å²) in [5.41, 5.74) is 9.04. The van der Waals surface area contributed by atoms with Crippen molar-refractivity contribution in [3.63, 3.8) is 0 Å². The predicted molar refractivity (Wildman–Crippen MR) is 115 cm³/mol. The maximum Gasteiger partial charge on any atom is 0.321 e. The molecule has 0 radical (unpaired) electrons. The first-order chi connectivity index (χ1) is 13.5. The van der Waals surface area contributed by atoms with Crippen LogP contribution in [0.15, 0.2) is 66.0 Å². The van der Waals surface area contributed by atoms with Crippen LogP contribution in [-0.2, 0) is 0 Å². The van der Waals surface area contributed by atoms with Gasteiger partial charge in [-0.2, -0.15) is 0 Å². The van der Waals surface area contributed by atoms with E-state index in [1.807, 2.05) is 66.0 Å². The molecule has 5 nitrogen and oxygen atoms in total. The standard InChI is InChI=1S/C22H26N4OS/c1-15(2)13-18(23)19-14-28-22(24-19)26-21(27)25-20(16-9-5-3-6-10-16)17-11-7-4-8-12-17/h3-12,14-15,18,20H,13,23H2,1-2H3,(H2,24,25,26,27). The summed E-state index contributed by atoms with van der Waals surface area (Å²) in [6.45, 7) is 4.26. The van der Waals surface area contributed by atoms with Crippen molar-refractivity contribution in [2.45, 2.75) is 32.4 Å². The van der Waals surface area contributed by atoms with Crippen LogP contribution in [-0.4, -0.2) is 11.0 Å². The Bertz CT molecular complexity index is 840. The van der Waals surface area contributed by atoms with Crippen molar-refractivity contribution in [3.05, 3.63) is 82.9 Å². The Kier molecular flexibility index (Phi) is 6.79. The third-order valence-corrected chi connectivity index (χ3v) is 5.16. The predicted octanol–water partition coefficient (Wildman–Crippen LogP) is 5.10. The largest absolute Gasteiger partial charge is 0.327 e. The Morgan fingerprint density at radius 3 is 2.14 bits per heavy atom. The van der Waals surface area contributed by atoms with E-state index in [0.717, 1.165) is 23.2 Å². The van der Waals surface area contributed by atoms with E-state index in [1.165, 1.54) is 11.3 Å². The van der Waals surface area contributed by atoms with Gasteiger partial charge in [0, 0.05) is 11.4 Å². The summed E-state index contributed by atoms with van der Waals surface area (Å²) in [7, 11) is 0. The van der Waals surface area contributed by atoms with Gasteiger partial charge in [0.05, 0.1) is 11.7 Å². The zero-order valence-electron chi connectivity index (χ0n) is 16.1. The molecular weight excluding hydrogens is 368 g/mol. The highest BCUT2D eigenvalue weighted by atomic mass is 32.1. The Morgan fingerprint density at radius 1 is 1.04 bits per heavy atom. The lowest BCUT2D eigenvalue weighted by molar-refractivity contribution is 0.250. The number of carbonyl (C=O) groups is 1. The van der Waals surface area contributed by atoms with Crippen molar-refractivity contribution in [3.8, 4) is 0 Å². The normalized spacial score (nSPS) is 12.2. The second-order valence-corrected chi connectivity index (χ2v) is 8.02. The number of hydrogen-bond donors (Lipinski definition) is 3. The van der Waals surface area contributed by atoms with E-state index < -0.39 is 0 Å². The van der Waals surface area contributed by atoms with Gasteiger partial charge in [0.25, 0.3) is 0 Å². The summed E-state index contributed by atoms with van der Waals surface area (Å²) < 4.78 is 0. The number of carbonyl (C=O) groups excluding carboxylic acids is 1. The van der Waals surface area contributed by atoms with E-state index in [4.69, 9.17) is 5.73 Å². The number of aromatic nitrogens is 1. The molecule has 0 bridgehead atoms. The van der Waals surface area contributed by atoms with Crippen LogP contribution in [0, 0.1) is 5.92 Å². The summed E-state index contributed by atoms with van der Waals surface area (Å²) >= 11 is 1.39. The first-order valence-electron chi connectivity index (χ1n) is 9.41. The lowest BCUT2D eigenvalue weighted by Crippen LogP contribution is -2.33. The molecule has 0 saturated heterocycles. The van der Waals surface area contributed by atoms with Gasteiger partial charge in [0.2, 0.25) is 0 Å². The minimum atomic E-state index is -0.295. The molecular formula is C22H26N4OS. The highest BCUT2D eigenvalue weighted by Crippen LogP contribution is 2.25. The Morgan fingerprint density at radius 2 is 1.61 bits per heavy atom. The SMILES string of the molecule is CC(C)CC(N)c1csc(NC(=O)NC(c2ccccc2)c2ccccc2)n1. The first kappa shape index (κ1) is 20.0. The Hall–Kier alpha value is -2.70. The molecule has 1 heterocycles. The molecule has 146 valence electrons. The number of benzene rings is 2. The maximum absolute atomic E-state index is 12.6. The van der Waals surface area contributed by atoms with E-state index in [9.17, 15) is 4.79 Å². The molecule has 0 aliphatic heterocycles. The smallest absolute Gasteiger partial charge is 0.321 e. The van der Waals surface area contributed by atoms with Crippen molar-refractivity contribution in [1.29, 1.82) is 0 Å². The summed E-state index contributed by atoms with van der Waals surface area (Å²) in [4.78, 5) is 17.1. The van der Waals surface area contributed by atoms with E-state index >= 15 is 0 Å². The van der Waals surface area contributed by atoms with Crippen molar-refractivity contribution in [2.75, 3.05) is 5.32 Å². The molecule has 2 amide bonds. The number of rotatable bonds is 7. The summed E-state index contributed by atoms with van der Waals surface area (Å²) in [6, 6.07) is 19.2. The van der Waals surface area contributed by atoms with E-state index in [1.54, 1.807) is 0 Å². The molecule has 0 spiro atoms. The van der Waals surface area contributed by atoms with Gasteiger partial charge in [-0.25, -0.2) is 9.78 Å². The van der Waals surface area contributed by atoms with Crippen molar-refractivity contribution in [1.82, 2.24) is 10.3 Å². The highest BCUT2D eigenvalue weighted by Gasteiger charge is 2.18. The first-order valence-corrected chi connectivity index (χ1v) is 10.3. The van der Waals surface area contributed by atoms with Crippen molar-refractivity contribution < 1.29 is 4.79 Å². The molecule has 0 fully saturated rings. The van der Waals surface area contributed by atoms with E-state index in [0.29, 0.717) is 11.0 Å². The zero-order chi connectivity index (χ0) is 19.9. The molecule has 1 aromatic heterocycles. The number of nitrogens with zero attached hydrogens (tertiary/aromatic N) is 1. The fourth-order valence-electron chi connectivity index (χ4n) is 3.06. The van der Waals surface area contributed by atoms with Gasteiger partial charge in [-0.05, 0) is 23.5 Å². The number of urea groups is 1. The minimum absolute atomic E-state index is 0.115. The van der Waals surface area contributed by atoms with Crippen LogP contribution in [0.3, 0.4) is 0 Å². The molecule has 0 saturated carbocycles. The molecule has 4 N–H and O–H groups in total. The van der Waals surface area contributed by atoms with E-state index in [-0.39, 0.29) is 18.1 Å². The number of nitrogens with one attached hydrogen (secondary N) is 2. The number of thiazole rings is 1. The van der Waals surface area contributed by atoms with Crippen molar-refractivity contribution >= 4 is 22.5 Å². The molecule has 3 rings (SSSR count). The van der Waals surface area contributed by atoms with Crippen LogP contribution in [0.25, 0.3) is 0 Å². The molecule has 1 unspecified atom stereocenters. The van der Waals surface area contributed by atoms with Crippen LogP contribution < -0.4 is 16.4 Å². The van der Waals surface area contributed by atoms with Crippen LogP contribution in [0.4, 0.5) is 9.93 Å². The maximum atomic E-state index is 12.6. The van der Waals surface area contributed by atoms with Crippen LogP contribution >= 0.6 is 11.3 Å². The molecule has 3 aromatic rings. The van der Waals surface area contributed by atoms with Gasteiger partial charge >= 0.3 is 6.03 Å². The zero-order valence-corrected chi connectivity index (χ0v) is 16.9. The fourth-order valence-corrected chi connectivity index (χ4v) is 3.83. The third kappa shape index (κ3) is 5.41. The Labute approximate surface area is 170 Å². The second-order valence-electron chi connectivity index (χ2n) is 7.17. The number of amides is 2.